The highest BCUT2D eigenvalue weighted by atomic mass is 16.5. The van der Waals surface area contributed by atoms with Gasteiger partial charge in [0.2, 0.25) is 5.56 Å². The maximum Gasteiger partial charge on any atom is 0.248 e. The molecule has 0 aliphatic carbocycles. The van der Waals surface area contributed by atoms with Crippen molar-refractivity contribution >= 4 is 5.69 Å². The SMILES string of the molecule is COc1cc(-c2cc[nH]c(=O)c2)ccc1N. The van der Waals surface area contributed by atoms with E-state index in [0.717, 1.165) is 11.1 Å². The van der Waals surface area contributed by atoms with Crippen molar-refractivity contribution < 1.29 is 4.74 Å². The third kappa shape index (κ3) is 1.91. The molecule has 2 aromatic rings. The monoisotopic (exact) mass is 216 g/mol. The van der Waals surface area contributed by atoms with Gasteiger partial charge in [0.25, 0.3) is 0 Å². The molecule has 0 aliphatic heterocycles. The molecule has 1 aromatic carbocycles. The van der Waals surface area contributed by atoms with Gasteiger partial charge in [0, 0.05) is 12.3 Å². The molecular weight excluding hydrogens is 204 g/mol. The Morgan fingerprint density at radius 1 is 1.19 bits per heavy atom. The minimum absolute atomic E-state index is 0.131. The van der Waals surface area contributed by atoms with Gasteiger partial charge in [0.15, 0.2) is 0 Å². The van der Waals surface area contributed by atoms with Crippen molar-refractivity contribution in [2.45, 2.75) is 0 Å². The Kier molecular flexibility index (Phi) is 2.64. The number of rotatable bonds is 2. The van der Waals surface area contributed by atoms with Crippen LogP contribution < -0.4 is 16.0 Å². The summed E-state index contributed by atoms with van der Waals surface area (Å²) in [5, 5.41) is 0. The zero-order chi connectivity index (χ0) is 11.5. The molecule has 82 valence electrons. The molecule has 0 unspecified atom stereocenters. The van der Waals surface area contributed by atoms with Gasteiger partial charge in [-0.2, -0.15) is 0 Å². The minimum atomic E-state index is -0.131. The Morgan fingerprint density at radius 2 is 1.94 bits per heavy atom. The molecule has 3 N–H and O–H groups in total. The summed E-state index contributed by atoms with van der Waals surface area (Å²) >= 11 is 0. The summed E-state index contributed by atoms with van der Waals surface area (Å²) in [6.45, 7) is 0. The highest BCUT2D eigenvalue weighted by molar-refractivity contribution is 5.69. The first kappa shape index (κ1) is 10.3. The van der Waals surface area contributed by atoms with Gasteiger partial charge in [-0.05, 0) is 29.3 Å². The molecule has 0 saturated heterocycles. The van der Waals surface area contributed by atoms with E-state index < -0.39 is 0 Å². The normalized spacial score (nSPS) is 10.1. The third-order valence-electron chi connectivity index (χ3n) is 2.34. The zero-order valence-corrected chi connectivity index (χ0v) is 8.86. The lowest BCUT2D eigenvalue weighted by Crippen LogP contribution is -2.02. The van der Waals surface area contributed by atoms with Crippen LogP contribution in [0.3, 0.4) is 0 Å². The Labute approximate surface area is 92.7 Å². The fraction of sp³-hybridized carbons (Fsp3) is 0.0833. The summed E-state index contributed by atoms with van der Waals surface area (Å²) in [5.74, 6) is 0.609. The van der Waals surface area contributed by atoms with Gasteiger partial charge >= 0.3 is 0 Å². The molecule has 0 aliphatic rings. The van der Waals surface area contributed by atoms with Crippen LogP contribution in [0.15, 0.2) is 41.3 Å². The number of nitrogens with one attached hydrogen (secondary N) is 1. The zero-order valence-electron chi connectivity index (χ0n) is 8.86. The largest absolute Gasteiger partial charge is 0.495 e. The van der Waals surface area contributed by atoms with E-state index in [1.807, 2.05) is 18.2 Å². The fourth-order valence-corrected chi connectivity index (χ4v) is 1.51. The number of benzene rings is 1. The van der Waals surface area contributed by atoms with E-state index in [2.05, 4.69) is 4.98 Å². The maximum atomic E-state index is 11.2. The van der Waals surface area contributed by atoms with Crippen LogP contribution in [-0.2, 0) is 0 Å². The summed E-state index contributed by atoms with van der Waals surface area (Å²) in [5.41, 5.74) is 7.90. The summed E-state index contributed by atoms with van der Waals surface area (Å²) in [7, 11) is 1.56. The molecule has 1 heterocycles. The van der Waals surface area contributed by atoms with E-state index in [4.69, 9.17) is 10.5 Å². The molecule has 0 radical (unpaired) electrons. The first-order valence-corrected chi connectivity index (χ1v) is 4.83. The molecule has 2 rings (SSSR count). The molecule has 0 bridgehead atoms. The average Bonchev–Trinajstić information content (AvgIpc) is 2.29. The van der Waals surface area contributed by atoms with E-state index in [1.165, 1.54) is 6.07 Å². The van der Waals surface area contributed by atoms with Crippen molar-refractivity contribution in [3.05, 3.63) is 46.9 Å². The molecule has 0 saturated carbocycles. The predicted molar refractivity (Wildman–Crippen MR) is 63.5 cm³/mol. The van der Waals surface area contributed by atoms with E-state index in [0.29, 0.717) is 11.4 Å². The van der Waals surface area contributed by atoms with E-state index in [1.54, 1.807) is 19.4 Å². The predicted octanol–water partition coefficient (Wildman–Crippen LogP) is 1.63. The van der Waals surface area contributed by atoms with Gasteiger partial charge in [-0.1, -0.05) is 6.07 Å². The molecule has 0 fully saturated rings. The maximum absolute atomic E-state index is 11.2. The summed E-state index contributed by atoms with van der Waals surface area (Å²) in [4.78, 5) is 13.7. The molecule has 0 atom stereocenters. The number of methoxy groups -OCH3 is 1. The van der Waals surface area contributed by atoms with Crippen molar-refractivity contribution in [1.82, 2.24) is 4.98 Å². The average molecular weight is 216 g/mol. The van der Waals surface area contributed by atoms with Gasteiger partial charge in [0.1, 0.15) is 5.75 Å². The number of nitrogens with two attached hydrogens (primary N) is 1. The van der Waals surface area contributed by atoms with Crippen molar-refractivity contribution in [3.63, 3.8) is 0 Å². The quantitative estimate of drug-likeness (QED) is 0.750. The molecular formula is C12H12N2O2. The number of ether oxygens (including phenoxy) is 1. The Morgan fingerprint density at radius 3 is 2.62 bits per heavy atom. The lowest BCUT2D eigenvalue weighted by atomic mass is 10.1. The summed E-state index contributed by atoms with van der Waals surface area (Å²) in [6.07, 6.45) is 1.61. The topological polar surface area (TPSA) is 68.1 Å². The van der Waals surface area contributed by atoms with Crippen molar-refractivity contribution in [2.75, 3.05) is 12.8 Å². The number of hydrogen-bond acceptors (Lipinski definition) is 3. The molecule has 16 heavy (non-hydrogen) atoms. The number of pyridine rings is 1. The van der Waals surface area contributed by atoms with E-state index >= 15 is 0 Å². The second-order valence-electron chi connectivity index (χ2n) is 3.40. The molecule has 0 spiro atoms. The van der Waals surface area contributed by atoms with Crippen LogP contribution in [0.4, 0.5) is 5.69 Å². The van der Waals surface area contributed by atoms with Crippen LogP contribution in [0.5, 0.6) is 5.75 Å². The van der Waals surface area contributed by atoms with Crippen molar-refractivity contribution in [2.24, 2.45) is 0 Å². The lowest BCUT2D eigenvalue weighted by molar-refractivity contribution is 0.417. The number of nitrogen functional groups attached to an aromatic ring is 1. The van der Waals surface area contributed by atoms with Gasteiger partial charge in [0.05, 0.1) is 12.8 Å². The minimum Gasteiger partial charge on any atom is -0.495 e. The molecule has 4 nitrogen and oxygen atoms in total. The van der Waals surface area contributed by atoms with Gasteiger partial charge in [-0.15, -0.1) is 0 Å². The molecule has 4 heteroatoms. The smallest absolute Gasteiger partial charge is 0.248 e. The number of H-pyrrole nitrogens is 1. The fourth-order valence-electron chi connectivity index (χ4n) is 1.51. The number of anilines is 1. The molecule has 1 aromatic heterocycles. The summed E-state index contributed by atoms with van der Waals surface area (Å²) < 4.78 is 5.13. The van der Waals surface area contributed by atoms with Crippen molar-refractivity contribution in [3.8, 4) is 16.9 Å². The van der Waals surface area contributed by atoms with Gasteiger partial charge < -0.3 is 15.5 Å². The summed E-state index contributed by atoms with van der Waals surface area (Å²) in [6, 6.07) is 8.78. The van der Waals surface area contributed by atoms with E-state index in [-0.39, 0.29) is 5.56 Å². The second-order valence-corrected chi connectivity index (χ2v) is 3.40. The van der Waals surface area contributed by atoms with Crippen molar-refractivity contribution in [1.29, 1.82) is 0 Å². The highest BCUT2D eigenvalue weighted by Crippen LogP contribution is 2.27. The lowest BCUT2D eigenvalue weighted by Gasteiger charge is -2.07. The van der Waals surface area contributed by atoms with Gasteiger partial charge in [-0.25, -0.2) is 0 Å². The highest BCUT2D eigenvalue weighted by Gasteiger charge is 2.03. The van der Waals surface area contributed by atoms with Crippen LogP contribution in [0.2, 0.25) is 0 Å². The Bertz CT molecular complexity index is 561. The van der Waals surface area contributed by atoms with Crippen LogP contribution in [0.25, 0.3) is 11.1 Å². The van der Waals surface area contributed by atoms with Crippen LogP contribution >= 0.6 is 0 Å². The Balaban J connectivity index is 2.52. The van der Waals surface area contributed by atoms with Crippen LogP contribution in [0, 0.1) is 0 Å². The van der Waals surface area contributed by atoms with Gasteiger partial charge in [-0.3, -0.25) is 4.79 Å². The van der Waals surface area contributed by atoms with Crippen LogP contribution in [-0.4, -0.2) is 12.1 Å². The number of aromatic nitrogens is 1. The number of hydrogen-bond donors (Lipinski definition) is 2. The molecule has 0 amide bonds. The first-order chi connectivity index (χ1) is 7.70. The first-order valence-electron chi connectivity index (χ1n) is 4.83. The Hall–Kier alpha value is -2.23. The third-order valence-corrected chi connectivity index (χ3v) is 2.34. The standard InChI is InChI=1S/C12H12N2O2/c1-16-11-6-8(2-3-10(11)13)9-4-5-14-12(15)7-9/h2-7H,13H2,1H3,(H,14,15). The second kappa shape index (κ2) is 4.10. The van der Waals surface area contributed by atoms with E-state index in [9.17, 15) is 4.79 Å². The van der Waals surface area contributed by atoms with Crippen LogP contribution in [0.1, 0.15) is 0 Å². The number of aromatic amines is 1.